The number of aromatic nitrogens is 4. The van der Waals surface area contributed by atoms with Crippen molar-refractivity contribution >= 4 is 22.7 Å². The quantitative estimate of drug-likeness (QED) is 0.797. The molecule has 4 rings (SSSR count). The van der Waals surface area contributed by atoms with Crippen LogP contribution in [0.5, 0.6) is 0 Å². The van der Waals surface area contributed by atoms with Crippen molar-refractivity contribution < 1.29 is 4.74 Å². The van der Waals surface area contributed by atoms with Gasteiger partial charge in [0.1, 0.15) is 17.8 Å². The standard InChI is InChI=1S/C17H17N6O/c1-2-23-16-13(15(18)20-10-21-16)14(22-23)11-4-6-12(7-5-11)17-19-8-3-9-24-17/h4-7,10H,1-3,8-9H2,(H2,18,20,21). The van der Waals surface area contributed by atoms with Gasteiger partial charge in [0.2, 0.25) is 5.90 Å². The highest BCUT2D eigenvalue weighted by molar-refractivity contribution is 5.99. The van der Waals surface area contributed by atoms with Crippen LogP contribution in [0, 0.1) is 6.92 Å². The second-order valence-corrected chi connectivity index (χ2v) is 5.50. The Labute approximate surface area is 139 Å². The third kappa shape index (κ3) is 2.38. The molecule has 0 bridgehead atoms. The Kier molecular flexibility index (Phi) is 3.60. The lowest BCUT2D eigenvalue weighted by Crippen LogP contribution is -2.14. The van der Waals surface area contributed by atoms with E-state index in [4.69, 9.17) is 10.5 Å². The molecule has 0 aliphatic carbocycles. The summed E-state index contributed by atoms with van der Waals surface area (Å²) < 4.78 is 7.33. The molecule has 121 valence electrons. The molecule has 2 N–H and O–H groups in total. The maximum Gasteiger partial charge on any atom is 0.216 e. The van der Waals surface area contributed by atoms with Gasteiger partial charge in [0, 0.05) is 30.6 Å². The lowest BCUT2D eigenvalue weighted by Gasteiger charge is -2.13. The predicted octanol–water partition coefficient (Wildman–Crippen LogP) is 2.08. The smallest absolute Gasteiger partial charge is 0.216 e. The van der Waals surface area contributed by atoms with Crippen molar-refractivity contribution in [1.82, 2.24) is 19.7 Å². The fourth-order valence-electron chi connectivity index (χ4n) is 2.79. The van der Waals surface area contributed by atoms with E-state index in [2.05, 4.69) is 27.0 Å². The summed E-state index contributed by atoms with van der Waals surface area (Å²) in [4.78, 5) is 12.8. The van der Waals surface area contributed by atoms with E-state index in [0.717, 1.165) is 35.2 Å². The summed E-state index contributed by atoms with van der Waals surface area (Å²) >= 11 is 0. The van der Waals surface area contributed by atoms with Gasteiger partial charge in [0.25, 0.3) is 0 Å². The first-order chi connectivity index (χ1) is 11.8. The average molecular weight is 321 g/mol. The minimum atomic E-state index is 0.416. The topological polar surface area (TPSA) is 91.2 Å². The van der Waals surface area contributed by atoms with E-state index >= 15 is 0 Å². The molecule has 0 fully saturated rings. The van der Waals surface area contributed by atoms with E-state index in [0.29, 0.717) is 30.5 Å². The van der Waals surface area contributed by atoms with Gasteiger partial charge in [-0.25, -0.2) is 14.6 Å². The Morgan fingerprint density at radius 2 is 1.96 bits per heavy atom. The summed E-state index contributed by atoms with van der Waals surface area (Å²) in [5, 5.41) is 5.34. The van der Waals surface area contributed by atoms with Crippen LogP contribution in [0.1, 0.15) is 12.0 Å². The Balaban J connectivity index is 1.79. The van der Waals surface area contributed by atoms with E-state index in [9.17, 15) is 0 Å². The van der Waals surface area contributed by atoms with Crippen LogP contribution in [0.2, 0.25) is 0 Å². The van der Waals surface area contributed by atoms with Crippen molar-refractivity contribution in [2.45, 2.75) is 13.0 Å². The van der Waals surface area contributed by atoms with E-state index in [-0.39, 0.29) is 0 Å². The monoisotopic (exact) mass is 321 g/mol. The molecule has 0 unspecified atom stereocenters. The van der Waals surface area contributed by atoms with Crippen LogP contribution in [0.4, 0.5) is 5.82 Å². The first kappa shape index (κ1) is 14.6. The number of benzene rings is 1. The summed E-state index contributed by atoms with van der Waals surface area (Å²) in [6.07, 6.45) is 2.41. The molecule has 0 saturated carbocycles. The molecule has 1 radical (unpaired) electrons. The van der Waals surface area contributed by atoms with Crippen molar-refractivity contribution in [1.29, 1.82) is 0 Å². The number of nitrogen functional groups attached to an aromatic ring is 1. The zero-order valence-electron chi connectivity index (χ0n) is 13.1. The molecule has 3 aromatic rings. The van der Waals surface area contributed by atoms with Gasteiger partial charge in [-0.3, -0.25) is 4.99 Å². The number of hydrogen-bond acceptors (Lipinski definition) is 6. The van der Waals surface area contributed by atoms with Crippen molar-refractivity contribution in [2.75, 3.05) is 18.9 Å². The molecular formula is C17H17N6O. The number of nitrogens with zero attached hydrogens (tertiary/aromatic N) is 5. The summed E-state index contributed by atoms with van der Waals surface area (Å²) in [5.41, 5.74) is 9.39. The summed E-state index contributed by atoms with van der Waals surface area (Å²) in [6.45, 7) is 5.88. The fourth-order valence-corrected chi connectivity index (χ4v) is 2.79. The highest BCUT2D eigenvalue weighted by Gasteiger charge is 2.17. The zero-order chi connectivity index (χ0) is 16.5. The van der Waals surface area contributed by atoms with Gasteiger partial charge in [0.05, 0.1) is 12.0 Å². The van der Waals surface area contributed by atoms with Gasteiger partial charge in [-0.1, -0.05) is 12.1 Å². The molecule has 1 aliphatic rings. The van der Waals surface area contributed by atoms with Crippen molar-refractivity contribution in [3.63, 3.8) is 0 Å². The molecule has 1 aromatic carbocycles. The maximum atomic E-state index is 6.05. The van der Waals surface area contributed by atoms with Crippen LogP contribution in [-0.2, 0) is 11.3 Å². The lowest BCUT2D eigenvalue weighted by molar-refractivity contribution is 0.284. The molecule has 3 heterocycles. The number of ether oxygens (including phenoxy) is 1. The van der Waals surface area contributed by atoms with Crippen LogP contribution in [0.3, 0.4) is 0 Å². The van der Waals surface area contributed by atoms with Crippen LogP contribution >= 0.6 is 0 Å². The first-order valence-corrected chi connectivity index (χ1v) is 7.82. The Bertz CT molecular complexity index is 913. The van der Waals surface area contributed by atoms with Gasteiger partial charge in [-0.15, -0.1) is 0 Å². The number of aliphatic imine (C=N–C) groups is 1. The van der Waals surface area contributed by atoms with Crippen LogP contribution < -0.4 is 5.73 Å². The van der Waals surface area contributed by atoms with Crippen LogP contribution in [-0.4, -0.2) is 38.8 Å². The van der Waals surface area contributed by atoms with Crippen molar-refractivity contribution in [2.24, 2.45) is 4.99 Å². The minimum absolute atomic E-state index is 0.416. The van der Waals surface area contributed by atoms with Gasteiger partial charge >= 0.3 is 0 Å². The van der Waals surface area contributed by atoms with Gasteiger partial charge in [-0.2, -0.15) is 5.10 Å². The molecule has 7 nitrogen and oxygen atoms in total. The molecule has 7 heteroatoms. The predicted molar refractivity (Wildman–Crippen MR) is 92.5 cm³/mol. The fraction of sp³-hybridized carbons (Fsp3) is 0.235. The van der Waals surface area contributed by atoms with E-state index in [1.54, 1.807) is 4.68 Å². The van der Waals surface area contributed by atoms with E-state index < -0.39 is 0 Å². The molecule has 0 saturated heterocycles. The van der Waals surface area contributed by atoms with Crippen molar-refractivity contribution in [3.8, 4) is 11.3 Å². The molecule has 24 heavy (non-hydrogen) atoms. The Morgan fingerprint density at radius 1 is 1.17 bits per heavy atom. The van der Waals surface area contributed by atoms with Gasteiger partial charge < -0.3 is 10.5 Å². The first-order valence-electron chi connectivity index (χ1n) is 7.82. The summed E-state index contributed by atoms with van der Waals surface area (Å²) in [6, 6.07) is 7.93. The SMILES string of the molecule is [CH2]Cn1nc(-c2ccc(C3=NCCCO3)cc2)c2c(N)ncnc21. The number of fused-ring (bicyclic) bond motifs is 1. The average Bonchev–Trinajstić information content (AvgIpc) is 3.03. The van der Waals surface area contributed by atoms with Gasteiger partial charge in [-0.05, 0) is 19.1 Å². The highest BCUT2D eigenvalue weighted by atomic mass is 16.5. The number of hydrogen-bond donors (Lipinski definition) is 1. The number of rotatable bonds is 3. The minimum Gasteiger partial charge on any atom is -0.477 e. The second-order valence-electron chi connectivity index (χ2n) is 5.50. The second kappa shape index (κ2) is 5.92. The molecular weight excluding hydrogens is 304 g/mol. The van der Waals surface area contributed by atoms with Gasteiger partial charge in [0.15, 0.2) is 5.65 Å². The third-order valence-electron chi connectivity index (χ3n) is 3.97. The number of nitrogens with two attached hydrogens (primary N) is 1. The molecule has 0 amide bonds. The van der Waals surface area contributed by atoms with E-state index in [1.807, 2.05) is 24.3 Å². The van der Waals surface area contributed by atoms with Crippen molar-refractivity contribution in [3.05, 3.63) is 43.1 Å². The Hall–Kier alpha value is -2.96. The maximum absolute atomic E-state index is 6.05. The Morgan fingerprint density at radius 3 is 2.67 bits per heavy atom. The van der Waals surface area contributed by atoms with E-state index in [1.165, 1.54) is 6.33 Å². The third-order valence-corrected chi connectivity index (χ3v) is 3.97. The van der Waals surface area contributed by atoms with Crippen LogP contribution in [0.15, 0.2) is 35.6 Å². The molecule has 2 aromatic heterocycles. The van der Waals surface area contributed by atoms with Crippen LogP contribution in [0.25, 0.3) is 22.3 Å². The molecule has 0 atom stereocenters. The summed E-state index contributed by atoms with van der Waals surface area (Å²) in [5.74, 6) is 1.11. The molecule has 0 spiro atoms. The molecule has 1 aliphatic heterocycles. The summed E-state index contributed by atoms with van der Waals surface area (Å²) in [7, 11) is 0. The highest BCUT2D eigenvalue weighted by Crippen LogP contribution is 2.30. The lowest BCUT2D eigenvalue weighted by atomic mass is 10.1. The zero-order valence-corrected chi connectivity index (χ0v) is 13.1. The largest absolute Gasteiger partial charge is 0.477 e. The number of anilines is 1. The normalized spacial score (nSPS) is 14.5.